The van der Waals surface area contributed by atoms with Crippen molar-refractivity contribution in [1.82, 2.24) is 0 Å². The first-order valence-electron chi connectivity index (χ1n) is 4.88. The Labute approximate surface area is 76.3 Å². The first kappa shape index (κ1) is 11.9. The maximum Gasteiger partial charge on any atom is 0.0802 e. The van der Waals surface area contributed by atoms with Crippen molar-refractivity contribution in [3.05, 3.63) is 0 Å². The van der Waals surface area contributed by atoms with Gasteiger partial charge in [0, 0.05) is 7.11 Å². The van der Waals surface area contributed by atoms with Crippen molar-refractivity contribution in [3.63, 3.8) is 0 Å². The van der Waals surface area contributed by atoms with Crippen LogP contribution >= 0.6 is 0 Å². The summed E-state index contributed by atoms with van der Waals surface area (Å²) in [6.45, 7) is 7.13. The molecule has 12 heavy (non-hydrogen) atoms. The molecule has 0 heterocycles. The summed E-state index contributed by atoms with van der Waals surface area (Å²) >= 11 is 0. The maximum atomic E-state index is 5.60. The topological polar surface area (TPSA) is 18.5 Å². The standard InChI is InChI=1S/C10H22O2/c1-5-7-9(3)12-8-10(6-2)11-4/h9-10H,5-8H2,1-4H3. The molecule has 0 N–H and O–H groups in total. The predicted octanol–water partition coefficient (Wildman–Crippen LogP) is 2.62. The molecule has 0 spiro atoms. The molecule has 0 saturated heterocycles. The molecule has 2 atom stereocenters. The smallest absolute Gasteiger partial charge is 0.0802 e. The zero-order valence-corrected chi connectivity index (χ0v) is 8.80. The van der Waals surface area contributed by atoms with Crippen LogP contribution in [0, 0.1) is 0 Å². The molecule has 0 rings (SSSR count). The quantitative estimate of drug-likeness (QED) is 0.590. The third-order valence-corrected chi connectivity index (χ3v) is 2.05. The zero-order chi connectivity index (χ0) is 9.40. The number of hydrogen-bond donors (Lipinski definition) is 0. The lowest BCUT2D eigenvalue weighted by Gasteiger charge is -2.17. The van der Waals surface area contributed by atoms with Crippen molar-refractivity contribution in [3.8, 4) is 0 Å². The largest absolute Gasteiger partial charge is 0.379 e. The van der Waals surface area contributed by atoms with Crippen LogP contribution in [0.2, 0.25) is 0 Å². The number of methoxy groups -OCH3 is 1. The minimum Gasteiger partial charge on any atom is -0.379 e. The fraction of sp³-hybridized carbons (Fsp3) is 1.00. The summed E-state index contributed by atoms with van der Waals surface area (Å²) in [5, 5.41) is 0. The number of hydrogen-bond acceptors (Lipinski definition) is 2. The SMILES string of the molecule is CCCC(C)OCC(CC)OC. The normalized spacial score (nSPS) is 16.0. The third kappa shape index (κ3) is 5.56. The van der Waals surface area contributed by atoms with Crippen molar-refractivity contribution in [2.24, 2.45) is 0 Å². The van der Waals surface area contributed by atoms with E-state index < -0.39 is 0 Å². The van der Waals surface area contributed by atoms with Gasteiger partial charge in [-0.1, -0.05) is 20.3 Å². The maximum absolute atomic E-state index is 5.60. The lowest BCUT2D eigenvalue weighted by atomic mass is 10.2. The second kappa shape index (κ2) is 7.56. The van der Waals surface area contributed by atoms with Crippen LogP contribution in [0.5, 0.6) is 0 Å². The van der Waals surface area contributed by atoms with Crippen LogP contribution in [0.25, 0.3) is 0 Å². The molecule has 2 heteroatoms. The molecule has 0 bridgehead atoms. The number of ether oxygens (including phenoxy) is 2. The Kier molecular flexibility index (Phi) is 7.51. The van der Waals surface area contributed by atoms with E-state index in [0.717, 1.165) is 19.4 Å². The van der Waals surface area contributed by atoms with E-state index in [1.807, 2.05) is 0 Å². The van der Waals surface area contributed by atoms with Crippen LogP contribution in [-0.4, -0.2) is 25.9 Å². The molecule has 0 aromatic rings. The summed E-state index contributed by atoms with van der Waals surface area (Å²) in [6.07, 6.45) is 3.99. The van der Waals surface area contributed by atoms with Gasteiger partial charge in [0.25, 0.3) is 0 Å². The summed E-state index contributed by atoms with van der Waals surface area (Å²) in [6, 6.07) is 0. The summed E-state index contributed by atoms with van der Waals surface area (Å²) in [5.41, 5.74) is 0. The minimum atomic E-state index is 0.268. The van der Waals surface area contributed by atoms with E-state index in [4.69, 9.17) is 9.47 Å². The van der Waals surface area contributed by atoms with Gasteiger partial charge in [-0.3, -0.25) is 0 Å². The van der Waals surface area contributed by atoms with Crippen LogP contribution in [0.15, 0.2) is 0 Å². The van der Waals surface area contributed by atoms with Crippen molar-refractivity contribution in [2.45, 2.75) is 52.2 Å². The first-order chi connectivity index (χ1) is 5.74. The highest BCUT2D eigenvalue weighted by molar-refractivity contribution is 4.55. The van der Waals surface area contributed by atoms with Gasteiger partial charge in [-0.2, -0.15) is 0 Å². The van der Waals surface area contributed by atoms with Crippen LogP contribution in [0.4, 0.5) is 0 Å². The molecule has 0 saturated carbocycles. The molecule has 0 aliphatic carbocycles. The molecule has 0 aromatic carbocycles. The van der Waals surface area contributed by atoms with E-state index in [0.29, 0.717) is 6.10 Å². The fourth-order valence-electron chi connectivity index (χ4n) is 1.11. The molecule has 74 valence electrons. The molecule has 0 radical (unpaired) electrons. The molecular formula is C10H22O2. The van der Waals surface area contributed by atoms with Crippen LogP contribution in [0.1, 0.15) is 40.0 Å². The molecular weight excluding hydrogens is 152 g/mol. The highest BCUT2D eigenvalue weighted by Crippen LogP contribution is 2.04. The van der Waals surface area contributed by atoms with E-state index in [9.17, 15) is 0 Å². The Morgan fingerprint density at radius 3 is 2.33 bits per heavy atom. The van der Waals surface area contributed by atoms with Crippen LogP contribution in [-0.2, 0) is 9.47 Å². The highest BCUT2D eigenvalue weighted by atomic mass is 16.5. The lowest BCUT2D eigenvalue weighted by Crippen LogP contribution is -2.21. The van der Waals surface area contributed by atoms with Crippen molar-refractivity contribution >= 4 is 0 Å². The average molecular weight is 174 g/mol. The van der Waals surface area contributed by atoms with E-state index in [1.54, 1.807) is 7.11 Å². The van der Waals surface area contributed by atoms with Gasteiger partial charge in [-0.25, -0.2) is 0 Å². The van der Waals surface area contributed by atoms with Gasteiger partial charge >= 0.3 is 0 Å². The minimum absolute atomic E-state index is 0.268. The van der Waals surface area contributed by atoms with Gasteiger partial charge < -0.3 is 9.47 Å². The van der Waals surface area contributed by atoms with Crippen LogP contribution < -0.4 is 0 Å². The van der Waals surface area contributed by atoms with E-state index >= 15 is 0 Å². The van der Waals surface area contributed by atoms with Gasteiger partial charge in [0.1, 0.15) is 0 Å². The Hall–Kier alpha value is -0.0800. The summed E-state index contributed by atoms with van der Waals surface area (Å²) in [5.74, 6) is 0. The van der Waals surface area contributed by atoms with Crippen molar-refractivity contribution < 1.29 is 9.47 Å². The van der Waals surface area contributed by atoms with Crippen LogP contribution in [0.3, 0.4) is 0 Å². The second-order valence-electron chi connectivity index (χ2n) is 3.20. The van der Waals surface area contributed by atoms with Gasteiger partial charge in [0.2, 0.25) is 0 Å². The fourth-order valence-corrected chi connectivity index (χ4v) is 1.11. The molecule has 0 aliphatic heterocycles. The Morgan fingerprint density at radius 1 is 1.25 bits per heavy atom. The van der Waals surface area contributed by atoms with E-state index in [1.165, 1.54) is 6.42 Å². The molecule has 0 fully saturated rings. The summed E-state index contributed by atoms with van der Waals surface area (Å²) in [4.78, 5) is 0. The summed E-state index contributed by atoms with van der Waals surface area (Å²) in [7, 11) is 1.74. The van der Waals surface area contributed by atoms with Gasteiger partial charge in [-0.15, -0.1) is 0 Å². The molecule has 0 aromatic heterocycles. The monoisotopic (exact) mass is 174 g/mol. The predicted molar refractivity (Wildman–Crippen MR) is 51.4 cm³/mol. The second-order valence-corrected chi connectivity index (χ2v) is 3.20. The average Bonchev–Trinajstić information content (AvgIpc) is 2.07. The van der Waals surface area contributed by atoms with E-state index in [2.05, 4.69) is 20.8 Å². The summed E-state index contributed by atoms with van der Waals surface area (Å²) < 4.78 is 10.8. The number of rotatable bonds is 7. The van der Waals surface area contributed by atoms with E-state index in [-0.39, 0.29) is 6.10 Å². The molecule has 0 amide bonds. The van der Waals surface area contributed by atoms with Crippen molar-refractivity contribution in [2.75, 3.05) is 13.7 Å². The highest BCUT2D eigenvalue weighted by Gasteiger charge is 2.06. The van der Waals surface area contributed by atoms with Gasteiger partial charge in [-0.05, 0) is 19.8 Å². The third-order valence-electron chi connectivity index (χ3n) is 2.05. The van der Waals surface area contributed by atoms with Gasteiger partial charge in [0.15, 0.2) is 0 Å². The molecule has 0 aliphatic rings. The van der Waals surface area contributed by atoms with Gasteiger partial charge in [0.05, 0.1) is 18.8 Å². The Morgan fingerprint density at radius 2 is 1.92 bits per heavy atom. The zero-order valence-electron chi connectivity index (χ0n) is 8.80. The Bertz CT molecular complexity index is 89.8. The molecule has 2 nitrogen and oxygen atoms in total. The molecule has 2 unspecified atom stereocenters. The lowest BCUT2D eigenvalue weighted by molar-refractivity contribution is -0.0247. The van der Waals surface area contributed by atoms with Crippen molar-refractivity contribution in [1.29, 1.82) is 0 Å². The Balaban J connectivity index is 3.37. The first-order valence-corrected chi connectivity index (χ1v) is 4.88.